The van der Waals surface area contributed by atoms with Crippen molar-refractivity contribution in [3.63, 3.8) is 0 Å². The monoisotopic (exact) mass is 423 g/mol. The van der Waals surface area contributed by atoms with Gasteiger partial charge in [0.2, 0.25) is 0 Å². The van der Waals surface area contributed by atoms with Crippen LogP contribution in [0.15, 0.2) is 29.2 Å². The minimum Gasteiger partial charge on any atom is -0.276 e. The summed E-state index contributed by atoms with van der Waals surface area (Å²) < 4.78 is 56.7. The van der Waals surface area contributed by atoms with E-state index < -0.39 is 16.6 Å². The standard InChI is InChI=1S/C19H23F2N5O2S/c1-11-8-6-7-9-16(11)10-25-14(4)17(12(2)22-25)24-29(27,28)18-13(3)23-26(15(18)5)19(20)21/h6-9,19,24H,10H2,1-5H3. The second kappa shape index (κ2) is 7.58. The number of aryl methyl sites for hydroxylation is 3. The fraction of sp³-hybridized carbons (Fsp3) is 0.368. The Morgan fingerprint density at radius 2 is 1.66 bits per heavy atom. The van der Waals surface area contributed by atoms with Crippen LogP contribution in [0, 0.1) is 34.6 Å². The quantitative estimate of drug-likeness (QED) is 0.653. The summed E-state index contributed by atoms with van der Waals surface area (Å²) in [6, 6.07) is 7.87. The maximum absolute atomic E-state index is 13.1. The zero-order valence-corrected chi connectivity index (χ0v) is 17.7. The van der Waals surface area contributed by atoms with Crippen LogP contribution in [0.5, 0.6) is 0 Å². The van der Waals surface area contributed by atoms with Gasteiger partial charge in [-0.2, -0.15) is 19.0 Å². The van der Waals surface area contributed by atoms with Crippen molar-refractivity contribution in [3.05, 3.63) is 58.2 Å². The Hall–Kier alpha value is -2.75. The summed E-state index contributed by atoms with van der Waals surface area (Å²) in [4.78, 5) is -0.247. The molecule has 0 bridgehead atoms. The number of rotatable bonds is 6. The van der Waals surface area contributed by atoms with E-state index >= 15 is 0 Å². The molecule has 7 nitrogen and oxygen atoms in total. The number of nitrogens with zero attached hydrogens (tertiary/aromatic N) is 4. The predicted molar refractivity (Wildman–Crippen MR) is 106 cm³/mol. The molecule has 0 fully saturated rings. The molecule has 0 aliphatic heterocycles. The number of anilines is 1. The van der Waals surface area contributed by atoms with Gasteiger partial charge in [0.15, 0.2) is 0 Å². The highest BCUT2D eigenvalue weighted by Crippen LogP contribution is 2.28. The van der Waals surface area contributed by atoms with Gasteiger partial charge < -0.3 is 0 Å². The number of aromatic nitrogens is 4. The Morgan fingerprint density at radius 1 is 1.00 bits per heavy atom. The Bertz CT molecular complexity index is 1170. The van der Waals surface area contributed by atoms with Crippen LogP contribution in [0.1, 0.15) is 40.5 Å². The van der Waals surface area contributed by atoms with Crippen molar-refractivity contribution in [1.82, 2.24) is 19.6 Å². The first-order chi connectivity index (χ1) is 13.5. The van der Waals surface area contributed by atoms with Gasteiger partial charge >= 0.3 is 6.55 Å². The maximum Gasteiger partial charge on any atom is 0.333 e. The number of benzene rings is 1. The molecule has 0 saturated heterocycles. The highest BCUT2D eigenvalue weighted by molar-refractivity contribution is 7.92. The zero-order chi connectivity index (χ0) is 21.5. The normalized spacial score (nSPS) is 12.0. The number of nitrogens with one attached hydrogen (secondary N) is 1. The average Bonchev–Trinajstić information content (AvgIpc) is 3.07. The third kappa shape index (κ3) is 3.89. The summed E-state index contributed by atoms with van der Waals surface area (Å²) in [6.07, 6.45) is 0. The van der Waals surface area contributed by atoms with Crippen LogP contribution in [0.4, 0.5) is 14.5 Å². The van der Waals surface area contributed by atoms with Crippen molar-refractivity contribution in [3.8, 4) is 0 Å². The van der Waals surface area contributed by atoms with E-state index in [-0.39, 0.29) is 16.3 Å². The summed E-state index contributed by atoms with van der Waals surface area (Å²) in [5.41, 5.74) is 3.53. The minimum atomic E-state index is -4.12. The van der Waals surface area contributed by atoms with Crippen molar-refractivity contribution in [2.24, 2.45) is 0 Å². The third-order valence-corrected chi connectivity index (χ3v) is 6.51. The van der Waals surface area contributed by atoms with E-state index in [2.05, 4.69) is 14.9 Å². The molecule has 3 aromatic rings. The fourth-order valence-electron chi connectivity index (χ4n) is 3.36. The first-order valence-electron chi connectivity index (χ1n) is 8.98. The Morgan fingerprint density at radius 3 is 2.24 bits per heavy atom. The van der Waals surface area contributed by atoms with Crippen molar-refractivity contribution >= 4 is 15.7 Å². The first kappa shape index (κ1) is 21.0. The summed E-state index contributed by atoms with van der Waals surface area (Å²) in [7, 11) is -4.12. The molecule has 0 atom stereocenters. The predicted octanol–water partition coefficient (Wildman–Crippen LogP) is 3.87. The molecule has 2 aromatic heterocycles. The van der Waals surface area contributed by atoms with E-state index in [1.807, 2.05) is 31.2 Å². The fourth-order valence-corrected chi connectivity index (χ4v) is 4.94. The van der Waals surface area contributed by atoms with Crippen LogP contribution in [0.2, 0.25) is 0 Å². The van der Waals surface area contributed by atoms with Crippen molar-refractivity contribution in [1.29, 1.82) is 0 Å². The molecule has 156 valence electrons. The SMILES string of the molecule is Cc1ccccc1Cn1nc(C)c(NS(=O)(=O)c2c(C)nn(C(F)F)c2C)c1C. The molecular weight excluding hydrogens is 400 g/mol. The smallest absolute Gasteiger partial charge is 0.276 e. The van der Waals surface area contributed by atoms with Gasteiger partial charge in [-0.3, -0.25) is 9.40 Å². The van der Waals surface area contributed by atoms with E-state index in [0.717, 1.165) is 11.1 Å². The first-order valence-corrected chi connectivity index (χ1v) is 10.5. The Balaban J connectivity index is 1.97. The molecule has 2 heterocycles. The number of sulfonamides is 1. The van der Waals surface area contributed by atoms with Crippen molar-refractivity contribution in [2.75, 3.05) is 4.72 Å². The lowest BCUT2D eigenvalue weighted by Gasteiger charge is -2.11. The Labute approximate surface area is 168 Å². The number of hydrogen-bond acceptors (Lipinski definition) is 4. The van der Waals surface area contributed by atoms with Gasteiger partial charge in [-0.1, -0.05) is 24.3 Å². The van der Waals surface area contributed by atoms with Crippen LogP contribution in [0.25, 0.3) is 0 Å². The third-order valence-electron chi connectivity index (χ3n) is 4.91. The second-order valence-electron chi connectivity index (χ2n) is 6.96. The lowest BCUT2D eigenvalue weighted by molar-refractivity contribution is 0.0538. The second-order valence-corrected chi connectivity index (χ2v) is 8.58. The molecule has 0 aliphatic rings. The molecule has 1 aromatic carbocycles. The highest BCUT2D eigenvalue weighted by atomic mass is 32.2. The molecule has 0 unspecified atom stereocenters. The lowest BCUT2D eigenvalue weighted by Crippen LogP contribution is -2.16. The highest BCUT2D eigenvalue weighted by Gasteiger charge is 2.29. The van der Waals surface area contributed by atoms with Crippen LogP contribution in [-0.4, -0.2) is 28.0 Å². The molecule has 0 aliphatic carbocycles. The zero-order valence-electron chi connectivity index (χ0n) is 16.9. The molecule has 1 N–H and O–H groups in total. The van der Waals surface area contributed by atoms with Crippen LogP contribution in [-0.2, 0) is 16.6 Å². The molecule has 10 heteroatoms. The molecule has 0 spiro atoms. The summed E-state index contributed by atoms with van der Waals surface area (Å²) in [5.74, 6) is 0. The van der Waals surface area contributed by atoms with Gasteiger partial charge in [0, 0.05) is 0 Å². The Kier molecular flexibility index (Phi) is 5.48. The number of alkyl halides is 2. The van der Waals surface area contributed by atoms with Crippen LogP contribution in [0.3, 0.4) is 0 Å². The average molecular weight is 423 g/mol. The molecule has 0 radical (unpaired) electrons. The minimum absolute atomic E-state index is 0.0120. The van der Waals surface area contributed by atoms with E-state index in [9.17, 15) is 17.2 Å². The van der Waals surface area contributed by atoms with Gasteiger partial charge in [0.25, 0.3) is 10.0 Å². The van der Waals surface area contributed by atoms with Crippen LogP contribution >= 0.6 is 0 Å². The lowest BCUT2D eigenvalue weighted by atomic mass is 10.1. The van der Waals surface area contributed by atoms with Crippen molar-refractivity contribution < 1.29 is 17.2 Å². The molecule has 3 rings (SSSR count). The van der Waals surface area contributed by atoms with Crippen LogP contribution < -0.4 is 4.72 Å². The molecular formula is C19H23F2N5O2S. The van der Waals surface area contributed by atoms with Gasteiger partial charge in [-0.15, -0.1) is 0 Å². The number of hydrogen-bond donors (Lipinski definition) is 1. The molecule has 0 saturated carbocycles. The van der Waals surface area contributed by atoms with E-state index in [0.29, 0.717) is 28.3 Å². The largest absolute Gasteiger partial charge is 0.333 e. The summed E-state index contributed by atoms with van der Waals surface area (Å²) >= 11 is 0. The van der Waals surface area contributed by atoms with E-state index in [4.69, 9.17) is 0 Å². The summed E-state index contributed by atoms with van der Waals surface area (Å²) in [5, 5.41) is 8.11. The van der Waals surface area contributed by atoms with Gasteiger partial charge in [0.05, 0.1) is 35.0 Å². The van der Waals surface area contributed by atoms with Gasteiger partial charge in [0.1, 0.15) is 4.90 Å². The van der Waals surface area contributed by atoms with Gasteiger partial charge in [-0.05, 0) is 45.7 Å². The van der Waals surface area contributed by atoms with E-state index in [1.54, 1.807) is 18.5 Å². The molecule has 29 heavy (non-hydrogen) atoms. The maximum atomic E-state index is 13.1. The summed E-state index contributed by atoms with van der Waals surface area (Å²) in [6.45, 7) is 5.72. The number of halogens is 2. The molecule has 0 amide bonds. The van der Waals surface area contributed by atoms with Gasteiger partial charge in [-0.25, -0.2) is 13.1 Å². The van der Waals surface area contributed by atoms with E-state index in [1.165, 1.54) is 13.8 Å². The topological polar surface area (TPSA) is 81.8 Å². The van der Waals surface area contributed by atoms with Crippen molar-refractivity contribution in [2.45, 2.75) is 52.6 Å².